The van der Waals surface area contributed by atoms with Crippen molar-refractivity contribution in [2.75, 3.05) is 0 Å². The number of aromatic hydroxyl groups is 1. The molecule has 4 aromatic rings. The summed E-state index contributed by atoms with van der Waals surface area (Å²) in [6.07, 6.45) is 0. The quantitative estimate of drug-likeness (QED) is 0.318. The zero-order valence-corrected chi connectivity index (χ0v) is 17.9. The number of amides is 1. The van der Waals surface area contributed by atoms with Gasteiger partial charge in [-0.15, -0.1) is 0 Å². The Morgan fingerprint density at radius 2 is 1.85 bits per heavy atom. The highest BCUT2D eigenvalue weighted by Crippen LogP contribution is 2.45. The number of non-ortho nitro benzene ring substituents is 1. The average molecular weight is 461 g/mol. The van der Waals surface area contributed by atoms with Crippen LogP contribution in [0.2, 0.25) is 5.02 Å². The summed E-state index contributed by atoms with van der Waals surface area (Å²) in [5.74, 6) is -0.294. The second-order valence-corrected chi connectivity index (χ2v) is 8.06. The van der Waals surface area contributed by atoms with Gasteiger partial charge >= 0.3 is 0 Å². The number of halogens is 1. The molecule has 8 nitrogen and oxygen atoms in total. The van der Waals surface area contributed by atoms with E-state index in [0.717, 1.165) is 5.56 Å². The number of para-hydroxylation sites is 1. The van der Waals surface area contributed by atoms with E-state index < -0.39 is 11.0 Å². The van der Waals surface area contributed by atoms with Crippen molar-refractivity contribution in [3.8, 4) is 17.0 Å². The molecule has 9 heteroatoms. The lowest BCUT2D eigenvalue weighted by atomic mass is 9.95. The van der Waals surface area contributed by atoms with E-state index in [0.29, 0.717) is 27.4 Å². The largest absolute Gasteiger partial charge is 0.507 e. The Balaban J connectivity index is 1.70. The highest BCUT2D eigenvalue weighted by molar-refractivity contribution is 6.31. The van der Waals surface area contributed by atoms with Gasteiger partial charge in [0, 0.05) is 34.8 Å². The third-order valence-corrected chi connectivity index (χ3v) is 6.09. The monoisotopic (exact) mass is 460 g/mol. The molecule has 0 spiro atoms. The van der Waals surface area contributed by atoms with E-state index in [1.54, 1.807) is 47.4 Å². The predicted octanol–water partition coefficient (Wildman–Crippen LogP) is 5.09. The number of hydrogen-bond donors (Lipinski definition) is 2. The van der Waals surface area contributed by atoms with E-state index in [4.69, 9.17) is 11.6 Å². The molecular formula is C24H17ClN4O4. The minimum absolute atomic E-state index is 0.0154. The number of nitro benzene ring substituents is 1. The van der Waals surface area contributed by atoms with Gasteiger partial charge < -0.3 is 10.0 Å². The highest BCUT2D eigenvalue weighted by atomic mass is 35.5. The van der Waals surface area contributed by atoms with Crippen LogP contribution in [0, 0.1) is 10.1 Å². The molecule has 1 aliphatic rings. The number of phenols is 1. The molecule has 1 unspecified atom stereocenters. The topological polar surface area (TPSA) is 112 Å². The molecular weight excluding hydrogens is 444 g/mol. The molecule has 1 atom stereocenters. The Hall–Kier alpha value is -4.17. The van der Waals surface area contributed by atoms with Crippen LogP contribution < -0.4 is 0 Å². The molecule has 0 bridgehead atoms. The van der Waals surface area contributed by atoms with Gasteiger partial charge in [0.15, 0.2) is 0 Å². The van der Waals surface area contributed by atoms with Crippen molar-refractivity contribution in [3.05, 3.63) is 110 Å². The number of H-pyrrole nitrogens is 1. The summed E-state index contributed by atoms with van der Waals surface area (Å²) >= 11 is 6.36. The molecule has 5 rings (SSSR count). The molecule has 1 aliphatic heterocycles. The number of benzene rings is 3. The number of carbonyl (C=O) groups excluding carboxylic acids is 1. The van der Waals surface area contributed by atoms with Crippen molar-refractivity contribution in [2.24, 2.45) is 0 Å². The van der Waals surface area contributed by atoms with Gasteiger partial charge in [0.2, 0.25) is 0 Å². The molecule has 0 aliphatic carbocycles. The third-order valence-electron chi connectivity index (χ3n) is 5.72. The van der Waals surface area contributed by atoms with Crippen LogP contribution in [0.3, 0.4) is 0 Å². The van der Waals surface area contributed by atoms with Crippen molar-refractivity contribution in [3.63, 3.8) is 0 Å². The summed E-state index contributed by atoms with van der Waals surface area (Å²) in [7, 11) is 0. The zero-order chi connectivity index (χ0) is 23.1. The molecule has 164 valence electrons. The number of aromatic nitrogens is 2. The molecule has 33 heavy (non-hydrogen) atoms. The maximum atomic E-state index is 13.5. The van der Waals surface area contributed by atoms with Gasteiger partial charge in [-0.25, -0.2) is 0 Å². The molecule has 0 saturated carbocycles. The molecule has 2 heterocycles. The van der Waals surface area contributed by atoms with E-state index in [-0.39, 0.29) is 29.6 Å². The Morgan fingerprint density at radius 1 is 1.09 bits per heavy atom. The van der Waals surface area contributed by atoms with Gasteiger partial charge in [0.1, 0.15) is 17.1 Å². The van der Waals surface area contributed by atoms with Crippen LogP contribution in [0.4, 0.5) is 5.69 Å². The Bertz CT molecular complexity index is 1400. The van der Waals surface area contributed by atoms with Crippen molar-refractivity contribution in [2.45, 2.75) is 12.6 Å². The summed E-state index contributed by atoms with van der Waals surface area (Å²) in [6, 6.07) is 19.4. The molecule has 0 radical (unpaired) electrons. The maximum absolute atomic E-state index is 13.5. The molecule has 2 N–H and O–H groups in total. The number of rotatable bonds is 5. The SMILES string of the molecule is O=C1c2[nH]nc(-c3ccccc3O)c2C(c2cccc([N+](=O)[O-])c2)N1Cc1ccccc1Cl. The van der Waals surface area contributed by atoms with Gasteiger partial charge in [0.05, 0.1) is 11.0 Å². The van der Waals surface area contributed by atoms with Crippen molar-refractivity contribution >= 4 is 23.2 Å². The summed E-state index contributed by atoms with van der Waals surface area (Å²) in [4.78, 5) is 26.0. The van der Waals surface area contributed by atoms with E-state index in [1.807, 2.05) is 12.1 Å². The summed E-state index contributed by atoms with van der Waals surface area (Å²) in [5.41, 5.74) is 2.91. The Morgan fingerprint density at radius 3 is 2.61 bits per heavy atom. The first-order valence-corrected chi connectivity index (χ1v) is 10.5. The normalized spacial score (nSPS) is 15.0. The molecule has 1 amide bonds. The fourth-order valence-corrected chi connectivity index (χ4v) is 4.40. The van der Waals surface area contributed by atoms with Crippen molar-refractivity contribution in [1.82, 2.24) is 15.1 Å². The van der Waals surface area contributed by atoms with E-state index in [9.17, 15) is 20.0 Å². The van der Waals surface area contributed by atoms with Gasteiger partial charge in [-0.1, -0.05) is 54.1 Å². The number of aromatic amines is 1. The molecule has 0 saturated heterocycles. The fraction of sp³-hybridized carbons (Fsp3) is 0.0833. The van der Waals surface area contributed by atoms with Crippen molar-refractivity contribution in [1.29, 1.82) is 0 Å². The van der Waals surface area contributed by atoms with Gasteiger partial charge in [-0.2, -0.15) is 5.10 Å². The minimum atomic E-state index is -0.669. The van der Waals surface area contributed by atoms with Crippen LogP contribution in [0.25, 0.3) is 11.3 Å². The number of nitrogens with one attached hydrogen (secondary N) is 1. The van der Waals surface area contributed by atoms with Gasteiger partial charge in [-0.05, 0) is 29.3 Å². The summed E-state index contributed by atoms with van der Waals surface area (Å²) < 4.78 is 0. The lowest BCUT2D eigenvalue weighted by Crippen LogP contribution is -2.29. The van der Waals surface area contributed by atoms with E-state index in [1.165, 1.54) is 18.2 Å². The van der Waals surface area contributed by atoms with Crippen LogP contribution in [0.15, 0.2) is 72.8 Å². The highest BCUT2D eigenvalue weighted by Gasteiger charge is 2.43. The number of nitro groups is 1. The summed E-state index contributed by atoms with van der Waals surface area (Å²) in [6.45, 7) is 0.189. The fourth-order valence-electron chi connectivity index (χ4n) is 4.20. The molecule has 0 fully saturated rings. The van der Waals surface area contributed by atoms with E-state index >= 15 is 0 Å². The maximum Gasteiger partial charge on any atom is 0.273 e. The van der Waals surface area contributed by atoms with Crippen LogP contribution in [0.5, 0.6) is 5.75 Å². The first kappa shape index (κ1) is 20.7. The van der Waals surface area contributed by atoms with Crippen LogP contribution >= 0.6 is 11.6 Å². The standard InChI is InChI=1S/C24H17ClN4O4/c25-18-10-3-1-6-15(18)13-28-23(14-7-5-8-16(12-14)29(32)33)20-21(26-27-22(20)24(28)31)17-9-2-4-11-19(17)30/h1-12,23,30H,13H2,(H,26,27). The third kappa shape index (κ3) is 3.50. The van der Waals surface area contributed by atoms with Gasteiger partial charge in [-0.3, -0.25) is 20.0 Å². The number of hydrogen-bond acceptors (Lipinski definition) is 5. The summed E-state index contributed by atoms with van der Waals surface area (Å²) in [5, 5.41) is 29.5. The average Bonchev–Trinajstić information content (AvgIpc) is 3.35. The lowest BCUT2D eigenvalue weighted by molar-refractivity contribution is -0.384. The van der Waals surface area contributed by atoms with E-state index in [2.05, 4.69) is 10.2 Å². The van der Waals surface area contributed by atoms with Crippen LogP contribution in [-0.4, -0.2) is 31.0 Å². The number of nitrogens with zero attached hydrogens (tertiary/aromatic N) is 3. The number of phenolic OH excluding ortho intramolecular Hbond substituents is 1. The van der Waals surface area contributed by atoms with Crippen LogP contribution in [0.1, 0.15) is 33.2 Å². The Kier molecular flexibility index (Phi) is 5.07. The number of carbonyl (C=O) groups is 1. The predicted molar refractivity (Wildman–Crippen MR) is 122 cm³/mol. The molecule has 1 aromatic heterocycles. The Labute approximate surface area is 193 Å². The van der Waals surface area contributed by atoms with Crippen molar-refractivity contribution < 1.29 is 14.8 Å². The zero-order valence-electron chi connectivity index (χ0n) is 17.1. The smallest absolute Gasteiger partial charge is 0.273 e. The number of fused-ring (bicyclic) bond motifs is 1. The second-order valence-electron chi connectivity index (χ2n) is 7.66. The molecule has 3 aromatic carbocycles. The first-order chi connectivity index (χ1) is 16.0. The lowest BCUT2D eigenvalue weighted by Gasteiger charge is -2.27. The van der Waals surface area contributed by atoms with Crippen LogP contribution in [-0.2, 0) is 6.54 Å². The van der Waals surface area contributed by atoms with Gasteiger partial charge in [0.25, 0.3) is 11.6 Å². The first-order valence-electron chi connectivity index (χ1n) is 10.1. The second kappa shape index (κ2) is 8.07. The minimum Gasteiger partial charge on any atom is -0.507 e.